The summed E-state index contributed by atoms with van der Waals surface area (Å²) in [5, 5.41) is 0. The number of carbonyl (C=O) groups is 2. The van der Waals surface area contributed by atoms with E-state index in [0.717, 1.165) is 38.8 Å². The van der Waals surface area contributed by atoms with E-state index in [1.54, 1.807) is 0 Å². The number of rotatable bonds is 2. The largest absolute Gasteiger partial charge is 0.462 e. The minimum Gasteiger partial charge on any atom is -0.462 e. The van der Waals surface area contributed by atoms with E-state index in [1.165, 1.54) is 11.1 Å². The fraction of sp³-hybridized carbons (Fsp3) is 0.667. The monoisotopic (exact) mass is 383 g/mol. The maximum atomic E-state index is 12.9. The maximum absolute atomic E-state index is 12.9. The molecule has 1 aromatic carbocycles. The Morgan fingerprint density at radius 1 is 1.11 bits per heavy atom. The summed E-state index contributed by atoms with van der Waals surface area (Å²) >= 11 is 0. The van der Waals surface area contributed by atoms with Gasteiger partial charge in [-0.25, -0.2) is 0 Å². The van der Waals surface area contributed by atoms with Gasteiger partial charge in [0, 0.05) is 24.4 Å². The molecule has 2 saturated heterocycles. The molecular formula is C24H33NO3. The van der Waals surface area contributed by atoms with Crippen molar-refractivity contribution >= 4 is 11.9 Å². The second-order valence-electron chi connectivity index (χ2n) is 10.2. The van der Waals surface area contributed by atoms with Gasteiger partial charge in [0.15, 0.2) is 0 Å². The van der Waals surface area contributed by atoms with E-state index in [1.807, 2.05) is 6.92 Å². The van der Waals surface area contributed by atoms with Crippen LogP contribution in [0.4, 0.5) is 0 Å². The molecule has 1 aliphatic carbocycles. The highest BCUT2D eigenvalue weighted by atomic mass is 16.6. The van der Waals surface area contributed by atoms with Crippen LogP contribution < -0.4 is 0 Å². The minimum absolute atomic E-state index is 0.0362. The smallest absolute Gasteiger partial charge is 0.306 e. The molecule has 0 bridgehead atoms. The minimum atomic E-state index is -0.100. The molecule has 1 amide bonds. The van der Waals surface area contributed by atoms with Crippen LogP contribution >= 0.6 is 0 Å². The number of amides is 1. The van der Waals surface area contributed by atoms with E-state index in [2.05, 4.69) is 49.9 Å². The number of carbonyl (C=O) groups excluding carboxylic acids is 2. The summed E-state index contributed by atoms with van der Waals surface area (Å²) in [7, 11) is 0. The topological polar surface area (TPSA) is 46.6 Å². The molecule has 28 heavy (non-hydrogen) atoms. The van der Waals surface area contributed by atoms with Crippen LogP contribution in [0.5, 0.6) is 0 Å². The van der Waals surface area contributed by atoms with Crippen molar-refractivity contribution in [2.45, 2.75) is 77.2 Å². The second-order valence-corrected chi connectivity index (χ2v) is 10.2. The van der Waals surface area contributed by atoms with Crippen LogP contribution in [0.15, 0.2) is 24.3 Å². The number of hydrogen-bond acceptors (Lipinski definition) is 3. The first kappa shape index (κ1) is 19.5. The molecule has 2 heterocycles. The molecule has 1 spiro atoms. The van der Waals surface area contributed by atoms with Gasteiger partial charge in [0.1, 0.15) is 6.10 Å². The predicted octanol–water partition coefficient (Wildman–Crippen LogP) is 4.42. The molecule has 152 valence electrons. The summed E-state index contributed by atoms with van der Waals surface area (Å²) in [4.78, 5) is 26.5. The number of esters is 1. The van der Waals surface area contributed by atoms with Crippen LogP contribution in [0.2, 0.25) is 0 Å². The van der Waals surface area contributed by atoms with E-state index in [4.69, 9.17) is 4.74 Å². The van der Waals surface area contributed by atoms with Crippen LogP contribution in [-0.2, 0) is 19.7 Å². The van der Waals surface area contributed by atoms with Crippen molar-refractivity contribution in [1.82, 2.24) is 4.90 Å². The van der Waals surface area contributed by atoms with Crippen molar-refractivity contribution in [3.8, 4) is 0 Å². The van der Waals surface area contributed by atoms with Crippen LogP contribution in [-0.4, -0.2) is 36.0 Å². The van der Waals surface area contributed by atoms with Gasteiger partial charge in [-0.1, -0.05) is 45.0 Å². The highest BCUT2D eigenvalue weighted by Crippen LogP contribution is 2.55. The van der Waals surface area contributed by atoms with Gasteiger partial charge in [0.25, 0.3) is 0 Å². The van der Waals surface area contributed by atoms with Crippen LogP contribution in [0.1, 0.15) is 76.8 Å². The quantitative estimate of drug-likeness (QED) is 0.710. The summed E-state index contributed by atoms with van der Waals surface area (Å²) in [6, 6.07) is 9.06. The third-order valence-corrected chi connectivity index (χ3v) is 7.38. The number of ether oxygens (including phenoxy) is 1. The third-order valence-electron chi connectivity index (χ3n) is 7.38. The fourth-order valence-electron chi connectivity index (χ4n) is 5.31. The first-order chi connectivity index (χ1) is 13.2. The van der Waals surface area contributed by atoms with Crippen molar-refractivity contribution in [3.05, 3.63) is 35.4 Å². The fourth-order valence-corrected chi connectivity index (χ4v) is 5.31. The number of hydrogen-bond donors (Lipinski definition) is 0. The summed E-state index contributed by atoms with van der Waals surface area (Å²) < 4.78 is 5.32. The normalized spacial score (nSPS) is 31.0. The van der Waals surface area contributed by atoms with Crippen molar-refractivity contribution in [2.24, 2.45) is 11.3 Å². The Kier molecular flexibility index (Phi) is 4.79. The molecule has 4 nitrogen and oxygen atoms in total. The summed E-state index contributed by atoms with van der Waals surface area (Å²) in [5.74, 6) is 0.821. The summed E-state index contributed by atoms with van der Waals surface area (Å²) in [6.45, 7) is 10.4. The van der Waals surface area contributed by atoms with E-state index >= 15 is 0 Å². The number of piperidine rings is 1. The number of cyclic esters (lactones) is 1. The molecule has 2 aliphatic heterocycles. The van der Waals surface area contributed by atoms with Crippen molar-refractivity contribution < 1.29 is 14.3 Å². The van der Waals surface area contributed by atoms with Gasteiger partial charge in [0.2, 0.25) is 5.91 Å². The number of likely N-dealkylation sites (tertiary alicyclic amines) is 1. The van der Waals surface area contributed by atoms with Crippen LogP contribution in [0.25, 0.3) is 0 Å². The Labute approximate surface area is 168 Å². The zero-order chi connectivity index (χ0) is 20.1. The Morgan fingerprint density at radius 3 is 2.21 bits per heavy atom. The molecule has 0 aromatic heterocycles. The van der Waals surface area contributed by atoms with Gasteiger partial charge >= 0.3 is 5.97 Å². The van der Waals surface area contributed by atoms with Gasteiger partial charge in [-0.2, -0.15) is 0 Å². The highest BCUT2D eigenvalue weighted by Gasteiger charge is 2.57. The average Bonchev–Trinajstić information content (AvgIpc) is 2.93. The summed E-state index contributed by atoms with van der Waals surface area (Å²) in [5.41, 5.74) is 2.88. The predicted molar refractivity (Wildman–Crippen MR) is 109 cm³/mol. The molecule has 0 unspecified atom stereocenters. The van der Waals surface area contributed by atoms with E-state index in [-0.39, 0.29) is 28.8 Å². The Hall–Kier alpha value is -1.84. The lowest BCUT2D eigenvalue weighted by molar-refractivity contribution is -0.147. The average molecular weight is 384 g/mol. The molecule has 4 rings (SSSR count). The van der Waals surface area contributed by atoms with E-state index in [0.29, 0.717) is 18.2 Å². The van der Waals surface area contributed by atoms with Gasteiger partial charge in [-0.15, -0.1) is 0 Å². The molecule has 0 radical (unpaired) electrons. The van der Waals surface area contributed by atoms with Crippen molar-refractivity contribution in [1.29, 1.82) is 0 Å². The van der Waals surface area contributed by atoms with Crippen molar-refractivity contribution in [2.75, 3.05) is 13.1 Å². The molecule has 3 fully saturated rings. The third kappa shape index (κ3) is 3.46. The summed E-state index contributed by atoms with van der Waals surface area (Å²) in [6.07, 6.45) is 4.16. The Balaban J connectivity index is 1.30. The number of nitrogens with zero attached hydrogens (tertiary/aromatic N) is 1. The second kappa shape index (κ2) is 6.89. The molecular weight excluding hydrogens is 350 g/mol. The van der Waals surface area contributed by atoms with Crippen LogP contribution in [0.3, 0.4) is 0 Å². The standard InChI is InChI=1S/C24H33NO3/c1-16-24(15-21(26)28-16)13-19(14-24)22(27)25-11-9-18(10-12-25)17-5-7-20(8-6-17)23(2,3)4/h5-8,16,18-19H,9-15H2,1-4H3/t16-,19?,24?/m1/s1. The Bertz CT molecular complexity index is 747. The molecule has 0 N–H and O–H groups in total. The Morgan fingerprint density at radius 2 is 1.71 bits per heavy atom. The molecule has 1 atom stereocenters. The van der Waals surface area contributed by atoms with Gasteiger partial charge in [0.05, 0.1) is 6.42 Å². The van der Waals surface area contributed by atoms with Crippen LogP contribution in [0, 0.1) is 11.3 Å². The lowest BCUT2D eigenvalue weighted by Gasteiger charge is -2.47. The van der Waals surface area contributed by atoms with Crippen molar-refractivity contribution in [3.63, 3.8) is 0 Å². The van der Waals surface area contributed by atoms with Gasteiger partial charge in [-0.3, -0.25) is 9.59 Å². The van der Waals surface area contributed by atoms with E-state index in [9.17, 15) is 9.59 Å². The maximum Gasteiger partial charge on any atom is 0.306 e. The lowest BCUT2D eigenvalue weighted by atomic mass is 9.58. The van der Waals surface area contributed by atoms with Gasteiger partial charge in [-0.05, 0) is 55.1 Å². The molecule has 1 saturated carbocycles. The van der Waals surface area contributed by atoms with Gasteiger partial charge < -0.3 is 9.64 Å². The molecule has 4 heteroatoms. The first-order valence-electron chi connectivity index (χ1n) is 10.8. The molecule has 3 aliphatic rings. The highest BCUT2D eigenvalue weighted by molar-refractivity contribution is 5.81. The van der Waals surface area contributed by atoms with E-state index < -0.39 is 0 Å². The zero-order valence-corrected chi connectivity index (χ0v) is 17.7. The zero-order valence-electron chi connectivity index (χ0n) is 17.7. The molecule has 1 aromatic rings. The SMILES string of the molecule is C[C@H]1OC(=O)CC12CC(C(=O)N1CCC(c3ccc(C(C)(C)C)cc3)CC1)C2. The first-order valence-corrected chi connectivity index (χ1v) is 10.8. The lowest BCUT2D eigenvalue weighted by Crippen LogP contribution is -2.51. The number of benzene rings is 1.